The molecule has 6 heteroatoms. The smallest absolute Gasteiger partial charge is 0.210 e. The number of rotatable bonds is 7. The Hall–Kier alpha value is -0.0400. The van der Waals surface area contributed by atoms with Gasteiger partial charge in [0.15, 0.2) is 0 Å². The molecule has 0 atom stereocenters. The van der Waals surface area contributed by atoms with Crippen LogP contribution in [-0.4, -0.2) is 26.0 Å². The summed E-state index contributed by atoms with van der Waals surface area (Å²) in [4.78, 5) is 0.304. The van der Waals surface area contributed by atoms with Crippen molar-refractivity contribution in [2.45, 2.75) is 36.3 Å². The molecule has 0 aromatic heterocycles. The van der Waals surface area contributed by atoms with Crippen molar-refractivity contribution in [1.29, 1.82) is 0 Å². The van der Waals surface area contributed by atoms with Crippen molar-refractivity contribution < 1.29 is 8.42 Å². The van der Waals surface area contributed by atoms with Crippen molar-refractivity contribution in [2.24, 2.45) is 0 Å². The summed E-state index contributed by atoms with van der Waals surface area (Å²) in [7, 11) is -3.42. The summed E-state index contributed by atoms with van der Waals surface area (Å²) in [5.74, 6) is 0. The molecule has 0 aliphatic rings. The third-order valence-electron chi connectivity index (χ3n) is 3.43. The molecule has 1 aromatic rings. The van der Waals surface area contributed by atoms with Gasteiger partial charge in [-0.3, -0.25) is 0 Å². The van der Waals surface area contributed by atoms with Crippen LogP contribution in [0, 0.1) is 0 Å². The van der Waals surface area contributed by atoms with Crippen LogP contribution in [0.5, 0.6) is 0 Å². The van der Waals surface area contributed by atoms with Gasteiger partial charge in [0.1, 0.15) is 0 Å². The summed E-state index contributed by atoms with van der Waals surface area (Å²) in [6.07, 6.45) is 3.90. The highest BCUT2D eigenvalue weighted by Gasteiger charge is 2.27. The lowest BCUT2D eigenvalue weighted by atomic mass is 10.0. The summed E-state index contributed by atoms with van der Waals surface area (Å²) in [6, 6.07) is 6.67. The molecule has 1 aromatic carbocycles. The zero-order valence-corrected chi connectivity index (χ0v) is 14.7. The number of thioether (sulfide) groups is 1. The van der Waals surface area contributed by atoms with Gasteiger partial charge in [0.2, 0.25) is 10.0 Å². The van der Waals surface area contributed by atoms with Gasteiger partial charge in [0, 0.05) is 15.8 Å². The highest BCUT2D eigenvalue weighted by Crippen LogP contribution is 2.30. The van der Waals surface area contributed by atoms with Gasteiger partial charge >= 0.3 is 0 Å². The Bertz CT molecular complexity index is 488. The first-order valence-corrected chi connectivity index (χ1v) is 9.69. The van der Waals surface area contributed by atoms with Crippen molar-refractivity contribution in [3.8, 4) is 0 Å². The Morgan fingerprint density at radius 1 is 1.21 bits per heavy atom. The summed E-state index contributed by atoms with van der Waals surface area (Å²) in [5, 5.41) is 0. The molecule has 0 heterocycles. The van der Waals surface area contributed by atoms with Crippen molar-refractivity contribution >= 4 is 37.7 Å². The Labute approximate surface area is 128 Å². The van der Waals surface area contributed by atoms with Crippen LogP contribution in [0.3, 0.4) is 0 Å². The molecule has 3 nitrogen and oxygen atoms in total. The second-order valence-electron chi connectivity index (χ2n) is 4.37. The molecule has 19 heavy (non-hydrogen) atoms. The first-order valence-electron chi connectivity index (χ1n) is 6.19. The fourth-order valence-electron chi connectivity index (χ4n) is 1.78. The summed E-state index contributed by atoms with van der Waals surface area (Å²) < 4.78 is 28.0. The molecule has 1 rings (SSSR count). The fraction of sp³-hybridized carbons (Fsp3) is 0.538. The Morgan fingerprint density at radius 3 is 2.16 bits per heavy atom. The molecule has 0 aliphatic heterocycles. The van der Waals surface area contributed by atoms with Crippen LogP contribution in [-0.2, 0) is 10.0 Å². The molecular formula is C13H20BrNO2S2. The lowest BCUT2D eigenvalue weighted by Gasteiger charge is -2.29. The molecule has 0 radical (unpaired) electrons. The Morgan fingerprint density at radius 2 is 1.74 bits per heavy atom. The highest BCUT2D eigenvalue weighted by atomic mass is 79.9. The lowest BCUT2D eigenvalue weighted by Crippen LogP contribution is -2.39. The molecule has 0 saturated carbocycles. The number of hydrogen-bond donors (Lipinski definition) is 1. The van der Waals surface area contributed by atoms with Crippen LogP contribution < -0.4 is 4.72 Å². The van der Waals surface area contributed by atoms with Crippen molar-refractivity contribution in [1.82, 2.24) is 4.72 Å². The normalized spacial score (nSPS) is 12.6. The molecule has 0 aliphatic carbocycles. The minimum atomic E-state index is -3.42. The average molecular weight is 366 g/mol. The summed E-state index contributed by atoms with van der Waals surface area (Å²) in [5.41, 5.74) is 0. The fourth-order valence-corrected chi connectivity index (χ4v) is 4.06. The maximum absolute atomic E-state index is 12.2. The molecule has 0 spiro atoms. The van der Waals surface area contributed by atoms with Crippen LogP contribution in [0.2, 0.25) is 0 Å². The molecule has 0 amide bonds. The van der Waals surface area contributed by atoms with Crippen LogP contribution in [0.25, 0.3) is 0 Å². The van der Waals surface area contributed by atoms with Gasteiger partial charge in [-0.15, -0.1) is 0 Å². The molecule has 1 N–H and O–H groups in total. The zero-order chi connectivity index (χ0) is 14.5. The lowest BCUT2D eigenvalue weighted by molar-refractivity contribution is 0.522. The van der Waals surface area contributed by atoms with Crippen LogP contribution in [0.1, 0.15) is 26.7 Å². The maximum Gasteiger partial charge on any atom is 0.240 e. The van der Waals surface area contributed by atoms with Gasteiger partial charge in [-0.2, -0.15) is 11.8 Å². The van der Waals surface area contributed by atoms with Crippen molar-refractivity contribution in [3.63, 3.8) is 0 Å². The van der Waals surface area contributed by atoms with E-state index >= 15 is 0 Å². The average Bonchev–Trinajstić information content (AvgIpc) is 2.41. The van der Waals surface area contributed by atoms with E-state index in [0.29, 0.717) is 11.4 Å². The number of benzene rings is 1. The van der Waals surface area contributed by atoms with E-state index < -0.39 is 10.0 Å². The van der Waals surface area contributed by atoms with Crippen molar-refractivity contribution in [3.05, 3.63) is 28.7 Å². The number of hydrogen-bond acceptors (Lipinski definition) is 3. The number of sulfonamides is 1. The monoisotopic (exact) mass is 365 g/mol. The van der Waals surface area contributed by atoms with Gasteiger partial charge < -0.3 is 0 Å². The standard InChI is InChI=1S/C13H20BrNO2S2/c1-4-13(5-2,18-3)10-15-19(16,17)12-8-6-11(14)7-9-12/h6-9,15H,4-5,10H2,1-3H3. The quantitative estimate of drug-likeness (QED) is 0.801. The first kappa shape index (κ1) is 17.0. The Balaban J connectivity index is 2.83. The molecule has 0 saturated heterocycles. The van der Waals surface area contributed by atoms with E-state index in [4.69, 9.17) is 0 Å². The second-order valence-corrected chi connectivity index (χ2v) is 8.33. The third kappa shape index (κ3) is 4.48. The number of halogens is 1. The van der Waals surface area contributed by atoms with Crippen molar-refractivity contribution in [2.75, 3.05) is 12.8 Å². The summed E-state index contributed by atoms with van der Waals surface area (Å²) >= 11 is 5.02. The minimum absolute atomic E-state index is 0.0254. The van der Waals surface area contributed by atoms with Gasteiger partial charge in [-0.1, -0.05) is 29.8 Å². The predicted molar refractivity (Wildman–Crippen MR) is 86.2 cm³/mol. The molecule has 0 unspecified atom stereocenters. The molecular weight excluding hydrogens is 346 g/mol. The van der Waals surface area contributed by atoms with Crippen LogP contribution in [0.4, 0.5) is 0 Å². The van der Waals surface area contributed by atoms with Crippen LogP contribution >= 0.6 is 27.7 Å². The molecule has 0 fully saturated rings. The van der Waals surface area contributed by atoms with E-state index in [0.717, 1.165) is 17.3 Å². The van der Waals surface area contributed by atoms with Gasteiger partial charge in [0.05, 0.1) is 4.90 Å². The van der Waals surface area contributed by atoms with E-state index in [1.54, 1.807) is 36.0 Å². The van der Waals surface area contributed by atoms with E-state index in [1.807, 2.05) is 6.26 Å². The molecule has 108 valence electrons. The Kier molecular flexibility index (Phi) is 6.36. The van der Waals surface area contributed by atoms with E-state index in [9.17, 15) is 8.42 Å². The minimum Gasteiger partial charge on any atom is -0.210 e. The van der Waals surface area contributed by atoms with E-state index in [-0.39, 0.29) is 4.75 Å². The van der Waals surface area contributed by atoms with Crippen LogP contribution in [0.15, 0.2) is 33.6 Å². The van der Waals surface area contributed by atoms with E-state index in [1.165, 1.54) is 0 Å². The predicted octanol–water partition coefficient (Wildman–Crippen LogP) is 3.65. The van der Waals surface area contributed by atoms with E-state index in [2.05, 4.69) is 34.5 Å². The van der Waals surface area contributed by atoms with Gasteiger partial charge in [-0.05, 0) is 43.4 Å². The highest BCUT2D eigenvalue weighted by molar-refractivity contribution is 9.10. The topological polar surface area (TPSA) is 46.2 Å². The summed E-state index contributed by atoms with van der Waals surface area (Å²) in [6.45, 7) is 4.64. The maximum atomic E-state index is 12.2. The zero-order valence-electron chi connectivity index (χ0n) is 11.4. The largest absolute Gasteiger partial charge is 0.240 e. The first-order chi connectivity index (χ1) is 8.89. The number of nitrogens with one attached hydrogen (secondary N) is 1. The third-order valence-corrected chi connectivity index (χ3v) is 6.96. The van der Waals surface area contributed by atoms with Gasteiger partial charge in [-0.25, -0.2) is 13.1 Å². The molecule has 0 bridgehead atoms. The SMILES string of the molecule is CCC(CC)(CNS(=O)(=O)c1ccc(Br)cc1)SC. The second kappa shape index (κ2) is 7.11. The van der Waals surface area contributed by atoms with Gasteiger partial charge in [0.25, 0.3) is 0 Å².